The molecule has 0 radical (unpaired) electrons. The average molecular weight is 434 g/mol. The number of amides is 1. The van der Waals surface area contributed by atoms with Crippen molar-refractivity contribution in [3.05, 3.63) is 57.4 Å². The maximum atomic E-state index is 12.5. The van der Waals surface area contributed by atoms with Crippen LogP contribution in [0.1, 0.15) is 40.0 Å². The number of aryl methyl sites for hydroxylation is 1. The summed E-state index contributed by atoms with van der Waals surface area (Å²) in [6.45, 7) is 4.23. The average Bonchev–Trinajstić information content (AvgIpc) is 2.84. The maximum Gasteiger partial charge on any atom is 0.271 e. The summed E-state index contributed by atoms with van der Waals surface area (Å²) in [7, 11) is 1.58. The number of aromatic amines is 1. The number of rotatable bonds is 4. The number of H-pyrrole nitrogens is 1. The van der Waals surface area contributed by atoms with E-state index in [1.54, 1.807) is 13.2 Å². The van der Waals surface area contributed by atoms with E-state index in [1.165, 1.54) is 6.20 Å². The third-order valence-corrected chi connectivity index (χ3v) is 6.42. The predicted octanol–water partition coefficient (Wildman–Crippen LogP) is 1.27. The largest absolute Gasteiger partial charge is 0.354 e. The first-order valence-corrected chi connectivity index (χ1v) is 11.2. The molecule has 0 spiro atoms. The van der Waals surface area contributed by atoms with Crippen molar-refractivity contribution < 1.29 is 4.79 Å². The summed E-state index contributed by atoms with van der Waals surface area (Å²) < 4.78 is 0. The molecule has 9 nitrogen and oxygen atoms in total. The predicted molar refractivity (Wildman–Crippen MR) is 122 cm³/mol. The lowest BCUT2D eigenvalue weighted by atomic mass is 9.91. The van der Waals surface area contributed by atoms with Crippen molar-refractivity contribution in [1.29, 1.82) is 0 Å². The van der Waals surface area contributed by atoms with E-state index in [4.69, 9.17) is 4.98 Å². The van der Waals surface area contributed by atoms with Crippen molar-refractivity contribution in [1.82, 2.24) is 30.2 Å². The summed E-state index contributed by atoms with van der Waals surface area (Å²) >= 11 is 0. The molecular formula is C23H27N7O2. The van der Waals surface area contributed by atoms with Gasteiger partial charge in [0.15, 0.2) is 0 Å². The zero-order chi connectivity index (χ0) is 22.1. The summed E-state index contributed by atoms with van der Waals surface area (Å²) in [4.78, 5) is 45.1. The van der Waals surface area contributed by atoms with Gasteiger partial charge in [-0.25, -0.2) is 9.97 Å². The van der Waals surface area contributed by atoms with Gasteiger partial charge in [0.25, 0.3) is 11.5 Å². The molecule has 4 heterocycles. The Kier molecular flexibility index (Phi) is 5.57. The Bertz CT molecular complexity index is 1200. The number of hydrogen-bond donors (Lipinski definition) is 2. The van der Waals surface area contributed by atoms with Gasteiger partial charge in [-0.15, -0.1) is 0 Å². The van der Waals surface area contributed by atoms with E-state index in [1.807, 2.05) is 6.20 Å². The Labute approximate surface area is 185 Å². The van der Waals surface area contributed by atoms with Crippen molar-refractivity contribution in [3.63, 3.8) is 0 Å². The Hall–Kier alpha value is -3.33. The summed E-state index contributed by atoms with van der Waals surface area (Å²) in [5, 5.41) is 2.55. The molecule has 0 bridgehead atoms. The molecule has 1 aliphatic carbocycles. The number of carbonyl (C=O) groups excluding carboxylic acids is 1. The molecule has 0 atom stereocenters. The molecule has 1 fully saturated rings. The summed E-state index contributed by atoms with van der Waals surface area (Å²) in [5.74, 6) is 0.548. The fraction of sp³-hybridized carbons (Fsp3) is 0.435. The van der Waals surface area contributed by atoms with Crippen LogP contribution in [0.4, 0.5) is 5.82 Å². The highest BCUT2D eigenvalue weighted by Crippen LogP contribution is 2.25. The normalized spacial score (nSPS) is 16.7. The lowest BCUT2D eigenvalue weighted by Gasteiger charge is -2.35. The van der Waals surface area contributed by atoms with E-state index in [0.717, 1.165) is 91.9 Å². The van der Waals surface area contributed by atoms with Crippen LogP contribution in [-0.2, 0) is 19.4 Å². The molecule has 3 aromatic rings. The fourth-order valence-corrected chi connectivity index (χ4v) is 4.67. The number of aromatic nitrogens is 4. The van der Waals surface area contributed by atoms with Crippen LogP contribution in [0.2, 0.25) is 0 Å². The van der Waals surface area contributed by atoms with Crippen molar-refractivity contribution in [3.8, 4) is 0 Å². The number of fused-ring (bicyclic) bond motifs is 3. The van der Waals surface area contributed by atoms with Gasteiger partial charge in [0, 0.05) is 51.5 Å². The highest BCUT2D eigenvalue weighted by molar-refractivity contribution is 5.91. The molecule has 166 valence electrons. The van der Waals surface area contributed by atoms with Crippen LogP contribution in [0.25, 0.3) is 11.0 Å². The topological polar surface area (TPSA) is 107 Å². The Morgan fingerprint density at radius 2 is 1.81 bits per heavy atom. The van der Waals surface area contributed by atoms with E-state index in [2.05, 4.69) is 36.1 Å². The second-order valence-corrected chi connectivity index (χ2v) is 8.46. The summed E-state index contributed by atoms with van der Waals surface area (Å²) in [6, 6.07) is 2.08. The molecule has 1 amide bonds. The number of nitrogens with one attached hydrogen (secondary N) is 2. The molecule has 32 heavy (non-hydrogen) atoms. The van der Waals surface area contributed by atoms with E-state index in [0.29, 0.717) is 5.69 Å². The SMILES string of the molecule is CNC(=O)c1cnc(N2CCN(Cc3cnc4c5c(c(=O)[nH]c4c3)CCCC5)CC2)cn1. The van der Waals surface area contributed by atoms with Crippen LogP contribution in [0, 0.1) is 0 Å². The molecule has 0 saturated carbocycles. The first-order chi connectivity index (χ1) is 15.6. The molecule has 2 aliphatic rings. The second-order valence-electron chi connectivity index (χ2n) is 8.46. The minimum Gasteiger partial charge on any atom is -0.354 e. The molecule has 1 saturated heterocycles. The van der Waals surface area contributed by atoms with Gasteiger partial charge >= 0.3 is 0 Å². The van der Waals surface area contributed by atoms with Crippen molar-refractivity contribution in [2.24, 2.45) is 0 Å². The van der Waals surface area contributed by atoms with E-state index >= 15 is 0 Å². The molecule has 1 aliphatic heterocycles. The first-order valence-electron chi connectivity index (χ1n) is 11.2. The highest BCUT2D eigenvalue weighted by Gasteiger charge is 2.21. The van der Waals surface area contributed by atoms with Crippen LogP contribution in [0.3, 0.4) is 0 Å². The Morgan fingerprint density at radius 3 is 2.53 bits per heavy atom. The number of piperazine rings is 1. The van der Waals surface area contributed by atoms with Crippen molar-refractivity contribution in [2.75, 3.05) is 38.1 Å². The van der Waals surface area contributed by atoms with Crippen LogP contribution < -0.4 is 15.8 Å². The monoisotopic (exact) mass is 433 g/mol. The summed E-state index contributed by atoms with van der Waals surface area (Å²) in [6.07, 6.45) is 9.12. The lowest BCUT2D eigenvalue weighted by molar-refractivity contribution is 0.0958. The molecule has 9 heteroatoms. The van der Waals surface area contributed by atoms with Crippen LogP contribution in [0.5, 0.6) is 0 Å². The van der Waals surface area contributed by atoms with E-state index < -0.39 is 0 Å². The van der Waals surface area contributed by atoms with Gasteiger partial charge in [-0.2, -0.15) is 0 Å². The van der Waals surface area contributed by atoms with Crippen molar-refractivity contribution in [2.45, 2.75) is 32.2 Å². The number of pyridine rings is 2. The molecule has 3 aromatic heterocycles. The van der Waals surface area contributed by atoms with E-state index in [-0.39, 0.29) is 11.5 Å². The number of hydrogen-bond acceptors (Lipinski definition) is 7. The quantitative estimate of drug-likeness (QED) is 0.638. The Morgan fingerprint density at radius 1 is 1.03 bits per heavy atom. The zero-order valence-electron chi connectivity index (χ0n) is 18.2. The molecule has 5 rings (SSSR count). The minimum absolute atomic E-state index is 0.0447. The molecule has 0 aromatic carbocycles. The fourth-order valence-electron chi connectivity index (χ4n) is 4.67. The second kappa shape index (κ2) is 8.66. The zero-order valence-corrected chi connectivity index (χ0v) is 18.2. The van der Waals surface area contributed by atoms with Crippen molar-refractivity contribution >= 4 is 22.8 Å². The maximum absolute atomic E-state index is 12.5. The molecule has 0 unspecified atom stereocenters. The highest BCUT2D eigenvalue weighted by atomic mass is 16.1. The standard InChI is InChI=1S/C23H27N7O2/c1-24-23(32)19-12-26-20(13-25-19)30-8-6-29(7-9-30)14-15-10-18-21(27-11-15)16-4-2-3-5-17(16)22(31)28-18/h10-13H,2-9,14H2,1H3,(H,24,32)(H,28,31). The van der Waals surface area contributed by atoms with Gasteiger partial charge in [-0.1, -0.05) is 0 Å². The van der Waals surface area contributed by atoms with Crippen LogP contribution >= 0.6 is 0 Å². The molecular weight excluding hydrogens is 406 g/mol. The third kappa shape index (κ3) is 3.95. The Balaban J connectivity index is 1.25. The first kappa shape index (κ1) is 20.6. The lowest BCUT2D eigenvalue weighted by Crippen LogP contribution is -2.46. The van der Waals surface area contributed by atoms with Gasteiger partial charge < -0.3 is 15.2 Å². The van der Waals surface area contributed by atoms with Gasteiger partial charge in [-0.3, -0.25) is 19.5 Å². The van der Waals surface area contributed by atoms with Crippen LogP contribution in [-0.4, -0.2) is 64.0 Å². The van der Waals surface area contributed by atoms with E-state index in [9.17, 15) is 9.59 Å². The number of anilines is 1. The van der Waals surface area contributed by atoms with Gasteiger partial charge in [0.2, 0.25) is 0 Å². The smallest absolute Gasteiger partial charge is 0.271 e. The van der Waals surface area contributed by atoms with Gasteiger partial charge in [0.05, 0.1) is 23.4 Å². The summed E-state index contributed by atoms with van der Waals surface area (Å²) in [5.41, 5.74) is 5.32. The minimum atomic E-state index is -0.236. The molecule has 2 N–H and O–H groups in total. The van der Waals surface area contributed by atoms with Gasteiger partial charge in [-0.05, 0) is 42.9 Å². The van der Waals surface area contributed by atoms with Crippen LogP contribution in [0.15, 0.2) is 29.5 Å². The van der Waals surface area contributed by atoms with Gasteiger partial charge in [0.1, 0.15) is 11.5 Å². The third-order valence-electron chi connectivity index (χ3n) is 6.42. The number of nitrogens with zero attached hydrogens (tertiary/aromatic N) is 5. The number of carbonyl (C=O) groups is 1.